The van der Waals surface area contributed by atoms with Crippen molar-refractivity contribution in [2.24, 2.45) is 63.6 Å². The molecule has 162 valence electrons. The summed E-state index contributed by atoms with van der Waals surface area (Å²) in [6.07, 6.45) is 15.4. The highest BCUT2D eigenvalue weighted by Crippen LogP contribution is 2.80. The van der Waals surface area contributed by atoms with Gasteiger partial charge in [-0.2, -0.15) is 0 Å². The van der Waals surface area contributed by atoms with Gasteiger partial charge in [-0.05, 0) is 103 Å². The van der Waals surface area contributed by atoms with E-state index in [4.69, 9.17) is 0 Å². The van der Waals surface area contributed by atoms with Gasteiger partial charge in [-0.15, -0.1) is 0 Å². The highest BCUT2D eigenvalue weighted by atomic mass is 16.1. The Morgan fingerprint density at radius 2 is 1.69 bits per heavy atom. The zero-order chi connectivity index (χ0) is 20.8. The van der Waals surface area contributed by atoms with E-state index < -0.39 is 0 Å². The average Bonchev–Trinajstić information content (AvgIpc) is 3.20. The number of rotatable bonds is 4. The van der Waals surface area contributed by atoms with E-state index in [9.17, 15) is 4.79 Å². The first-order chi connectivity index (χ1) is 13.6. The van der Waals surface area contributed by atoms with Gasteiger partial charge in [0.2, 0.25) is 0 Å². The molecule has 0 aromatic heterocycles. The Kier molecular flexibility index (Phi) is 4.53. The Labute approximate surface area is 179 Å². The van der Waals surface area contributed by atoms with Crippen molar-refractivity contribution >= 4 is 5.78 Å². The molecule has 0 aromatic carbocycles. The third kappa shape index (κ3) is 2.54. The van der Waals surface area contributed by atoms with Crippen LogP contribution in [0.15, 0.2) is 12.2 Å². The van der Waals surface area contributed by atoms with E-state index in [1.807, 2.05) is 0 Å². The van der Waals surface area contributed by atoms with Crippen molar-refractivity contribution in [3.8, 4) is 0 Å². The van der Waals surface area contributed by atoms with Gasteiger partial charge >= 0.3 is 0 Å². The number of fused-ring (bicyclic) bond motifs is 4. The maximum atomic E-state index is 13.4. The minimum absolute atomic E-state index is 0.142. The Morgan fingerprint density at radius 3 is 2.38 bits per heavy atom. The van der Waals surface area contributed by atoms with Crippen LogP contribution in [0, 0.1) is 63.6 Å². The van der Waals surface area contributed by atoms with E-state index in [2.05, 4.69) is 53.7 Å². The molecule has 5 fully saturated rings. The predicted octanol–water partition coefficient (Wildman–Crippen LogP) is 7.31. The van der Waals surface area contributed by atoms with Crippen LogP contribution in [0.4, 0.5) is 0 Å². The molecule has 1 unspecified atom stereocenters. The van der Waals surface area contributed by atoms with Crippen LogP contribution in [0.3, 0.4) is 0 Å². The molecular formula is C28H44O. The van der Waals surface area contributed by atoms with Gasteiger partial charge in [-0.1, -0.05) is 53.7 Å². The molecule has 1 spiro atoms. The molecule has 0 saturated heterocycles. The van der Waals surface area contributed by atoms with Crippen LogP contribution in [0.25, 0.3) is 0 Å². The number of carbonyl (C=O) groups excluding carboxylic acids is 1. The standard InChI is InChI=1S/C28H44O/c1-17(2)18(3)7-8-19(4)22-9-10-23-21-15-25(29)28-16-20(28)11-14-27(28,6)24(21)12-13-26(22,23)5/h7-8,17-24H,9-16H2,1-6H3/b8-7+/t18?,19-,20-,21+,22-,23+,24+,26-,27-,28+/m1/s1. The van der Waals surface area contributed by atoms with Gasteiger partial charge < -0.3 is 0 Å². The van der Waals surface area contributed by atoms with Crippen molar-refractivity contribution in [3.05, 3.63) is 12.2 Å². The largest absolute Gasteiger partial charge is 0.299 e. The quantitative estimate of drug-likeness (QED) is 0.455. The highest BCUT2D eigenvalue weighted by molar-refractivity contribution is 5.91. The fraction of sp³-hybridized carbons (Fsp3) is 0.893. The SMILES string of the molecule is CC(C)C(C)/C=C/[C@@H](C)[C@H]1CC[C@H]2[C@@H]3CC(=O)[C@]45C[C@H]4CC[C@]5(C)[C@H]3CC[C@]12C. The molecule has 29 heavy (non-hydrogen) atoms. The molecule has 0 radical (unpaired) electrons. The molecule has 0 amide bonds. The second-order valence-corrected chi connectivity index (χ2v) is 12.9. The van der Waals surface area contributed by atoms with Crippen molar-refractivity contribution < 1.29 is 4.79 Å². The van der Waals surface area contributed by atoms with Gasteiger partial charge in [-0.3, -0.25) is 4.79 Å². The Morgan fingerprint density at radius 1 is 0.931 bits per heavy atom. The first-order valence-electron chi connectivity index (χ1n) is 12.9. The van der Waals surface area contributed by atoms with Gasteiger partial charge in [0.1, 0.15) is 5.78 Å². The van der Waals surface area contributed by atoms with Crippen molar-refractivity contribution in [1.82, 2.24) is 0 Å². The molecule has 0 aliphatic heterocycles. The van der Waals surface area contributed by atoms with E-state index >= 15 is 0 Å². The third-order valence-electron chi connectivity index (χ3n) is 11.8. The maximum Gasteiger partial charge on any atom is 0.140 e. The van der Waals surface area contributed by atoms with Crippen molar-refractivity contribution in [1.29, 1.82) is 0 Å². The number of hydrogen-bond acceptors (Lipinski definition) is 1. The minimum atomic E-state index is 0.142. The monoisotopic (exact) mass is 396 g/mol. The average molecular weight is 397 g/mol. The molecule has 5 aliphatic carbocycles. The third-order valence-corrected chi connectivity index (χ3v) is 11.8. The molecule has 5 aliphatic rings. The van der Waals surface area contributed by atoms with E-state index in [0.717, 1.165) is 36.0 Å². The lowest BCUT2D eigenvalue weighted by atomic mass is 9.45. The number of hydrogen-bond donors (Lipinski definition) is 0. The molecule has 10 atom stereocenters. The van der Waals surface area contributed by atoms with Gasteiger partial charge in [0.05, 0.1) is 0 Å². The van der Waals surface area contributed by atoms with E-state index in [1.54, 1.807) is 0 Å². The summed E-state index contributed by atoms with van der Waals surface area (Å²) in [6, 6.07) is 0. The maximum absolute atomic E-state index is 13.4. The lowest BCUT2D eigenvalue weighted by Crippen LogP contribution is -2.55. The Hall–Kier alpha value is -0.590. The Bertz CT molecular complexity index is 720. The van der Waals surface area contributed by atoms with Crippen LogP contribution in [0.1, 0.15) is 92.9 Å². The normalized spacial score (nSPS) is 52.8. The number of ketones is 1. The summed E-state index contributed by atoms with van der Waals surface area (Å²) in [6.45, 7) is 14.6. The van der Waals surface area contributed by atoms with Crippen LogP contribution >= 0.6 is 0 Å². The van der Waals surface area contributed by atoms with E-state index in [-0.39, 0.29) is 5.41 Å². The summed E-state index contributed by atoms with van der Waals surface area (Å²) in [4.78, 5) is 13.4. The van der Waals surface area contributed by atoms with Gasteiger partial charge in [0.25, 0.3) is 0 Å². The summed E-state index contributed by atoms with van der Waals surface area (Å²) in [5, 5.41) is 0. The zero-order valence-electron chi connectivity index (χ0n) is 19.8. The second-order valence-electron chi connectivity index (χ2n) is 12.9. The van der Waals surface area contributed by atoms with E-state index in [0.29, 0.717) is 34.4 Å². The molecule has 0 aromatic rings. The van der Waals surface area contributed by atoms with Crippen LogP contribution < -0.4 is 0 Å². The van der Waals surface area contributed by atoms with Gasteiger partial charge in [-0.25, -0.2) is 0 Å². The number of allylic oxidation sites excluding steroid dienone is 2. The Balaban J connectivity index is 1.38. The molecule has 0 bridgehead atoms. The summed E-state index contributed by atoms with van der Waals surface area (Å²) in [5.41, 5.74) is 0.937. The first-order valence-corrected chi connectivity index (χ1v) is 12.9. The molecule has 5 saturated carbocycles. The number of carbonyl (C=O) groups is 1. The second kappa shape index (κ2) is 6.46. The number of Topliss-reactive ketones (excluding diaryl/α,β-unsaturated/α-hetero) is 1. The molecule has 1 nitrogen and oxygen atoms in total. The zero-order valence-corrected chi connectivity index (χ0v) is 19.8. The fourth-order valence-corrected chi connectivity index (χ4v) is 9.62. The lowest BCUT2D eigenvalue weighted by Gasteiger charge is -2.58. The molecule has 0 heterocycles. The highest BCUT2D eigenvalue weighted by Gasteiger charge is 2.77. The molecule has 5 rings (SSSR count). The minimum Gasteiger partial charge on any atom is -0.299 e. The molecule has 0 N–H and O–H groups in total. The fourth-order valence-electron chi connectivity index (χ4n) is 9.62. The van der Waals surface area contributed by atoms with Crippen LogP contribution in [0.5, 0.6) is 0 Å². The van der Waals surface area contributed by atoms with Crippen molar-refractivity contribution in [3.63, 3.8) is 0 Å². The van der Waals surface area contributed by atoms with Gasteiger partial charge in [0.15, 0.2) is 0 Å². The van der Waals surface area contributed by atoms with E-state index in [1.165, 1.54) is 44.9 Å². The van der Waals surface area contributed by atoms with Crippen LogP contribution in [-0.4, -0.2) is 5.78 Å². The smallest absolute Gasteiger partial charge is 0.140 e. The van der Waals surface area contributed by atoms with Crippen LogP contribution in [-0.2, 0) is 4.79 Å². The van der Waals surface area contributed by atoms with Crippen LogP contribution in [0.2, 0.25) is 0 Å². The first kappa shape index (κ1) is 20.3. The summed E-state index contributed by atoms with van der Waals surface area (Å²) >= 11 is 0. The topological polar surface area (TPSA) is 17.1 Å². The lowest BCUT2D eigenvalue weighted by molar-refractivity contribution is -0.151. The summed E-state index contributed by atoms with van der Waals surface area (Å²) in [7, 11) is 0. The van der Waals surface area contributed by atoms with Gasteiger partial charge in [0, 0.05) is 11.8 Å². The van der Waals surface area contributed by atoms with Crippen molar-refractivity contribution in [2.45, 2.75) is 92.9 Å². The van der Waals surface area contributed by atoms with Crippen molar-refractivity contribution in [2.75, 3.05) is 0 Å². The molecule has 1 heteroatoms. The molecular weight excluding hydrogens is 352 g/mol. The predicted molar refractivity (Wildman–Crippen MR) is 120 cm³/mol. The summed E-state index contributed by atoms with van der Waals surface area (Å²) in [5.74, 6) is 6.63. The summed E-state index contributed by atoms with van der Waals surface area (Å²) < 4.78 is 0.